The molecule has 0 bridgehead atoms. The fraction of sp³-hybridized carbons (Fsp3) is 0.286. The smallest absolute Gasteiger partial charge is 0.329 e. The van der Waals surface area contributed by atoms with E-state index in [2.05, 4.69) is 10.6 Å². The first-order chi connectivity index (χ1) is 13.2. The van der Waals surface area contributed by atoms with Crippen LogP contribution in [-0.2, 0) is 14.3 Å². The standard InChI is InChI=1S/C21H23ClN2O4/c1-12-6-5-7-16(10-12)20(26)23-14(3)21(27)28-15(4)19(25)24-18-11-17(22)9-8-13(18)2/h5-11,14-15H,1-4H3,(H,23,26)(H,24,25)/t14-,15+/m0/s1. The lowest BCUT2D eigenvalue weighted by Crippen LogP contribution is -2.42. The third-order valence-electron chi connectivity index (χ3n) is 4.10. The summed E-state index contributed by atoms with van der Waals surface area (Å²) in [6, 6.07) is 11.2. The Morgan fingerprint density at radius 1 is 1.04 bits per heavy atom. The summed E-state index contributed by atoms with van der Waals surface area (Å²) in [4.78, 5) is 36.8. The van der Waals surface area contributed by atoms with Crippen LogP contribution in [0.4, 0.5) is 5.69 Å². The number of ether oxygens (including phenoxy) is 1. The first kappa shape index (κ1) is 21.4. The monoisotopic (exact) mass is 402 g/mol. The van der Waals surface area contributed by atoms with Crippen LogP contribution in [0.25, 0.3) is 0 Å². The highest BCUT2D eigenvalue weighted by Crippen LogP contribution is 2.20. The van der Waals surface area contributed by atoms with Gasteiger partial charge in [0.1, 0.15) is 6.04 Å². The van der Waals surface area contributed by atoms with E-state index in [9.17, 15) is 14.4 Å². The van der Waals surface area contributed by atoms with Crippen LogP contribution in [0.2, 0.25) is 5.02 Å². The fourth-order valence-corrected chi connectivity index (χ4v) is 2.59. The Kier molecular flexibility index (Phi) is 7.18. The van der Waals surface area contributed by atoms with Crippen molar-refractivity contribution in [3.63, 3.8) is 0 Å². The molecule has 0 aliphatic carbocycles. The van der Waals surface area contributed by atoms with Crippen molar-refractivity contribution in [2.45, 2.75) is 39.8 Å². The molecular weight excluding hydrogens is 380 g/mol. The van der Waals surface area contributed by atoms with Crippen molar-refractivity contribution in [1.29, 1.82) is 0 Å². The molecule has 0 saturated carbocycles. The van der Waals surface area contributed by atoms with Gasteiger partial charge in [-0.3, -0.25) is 9.59 Å². The fourth-order valence-electron chi connectivity index (χ4n) is 2.42. The predicted octanol–water partition coefficient (Wildman–Crippen LogP) is 3.65. The zero-order valence-electron chi connectivity index (χ0n) is 16.2. The molecule has 0 aromatic heterocycles. The molecule has 0 unspecified atom stereocenters. The number of nitrogens with one attached hydrogen (secondary N) is 2. The van der Waals surface area contributed by atoms with E-state index in [-0.39, 0.29) is 5.91 Å². The molecule has 2 N–H and O–H groups in total. The molecule has 6 nitrogen and oxygen atoms in total. The average molecular weight is 403 g/mol. The van der Waals surface area contributed by atoms with E-state index in [1.54, 1.807) is 36.4 Å². The molecule has 0 radical (unpaired) electrons. The van der Waals surface area contributed by atoms with Crippen LogP contribution in [0, 0.1) is 13.8 Å². The van der Waals surface area contributed by atoms with Crippen LogP contribution >= 0.6 is 11.6 Å². The number of rotatable bonds is 6. The quantitative estimate of drug-likeness (QED) is 0.722. The number of carbonyl (C=O) groups excluding carboxylic acids is 3. The summed E-state index contributed by atoms with van der Waals surface area (Å²) in [5, 5.41) is 5.74. The third-order valence-corrected chi connectivity index (χ3v) is 4.34. The average Bonchev–Trinajstić information content (AvgIpc) is 2.64. The van der Waals surface area contributed by atoms with Crippen molar-refractivity contribution < 1.29 is 19.1 Å². The molecule has 2 aromatic rings. The van der Waals surface area contributed by atoms with Crippen molar-refractivity contribution in [3.05, 3.63) is 64.2 Å². The molecule has 2 amide bonds. The normalized spacial score (nSPS) is 12.6. The van der Waals surface area contributed by atoms with Gasteiger partial charge in [-0.1, -0.05) is 35.4 Å². The lowest BCUT2D eigenvalue weighted by molar-refractivity contribution is -0.154. The Morgan fingerprint density at radius 2 is 1.75 bits per heavy atom. The number of benzene rings is 2. The van der Waals surface area contributed by atoms with E-state index < -0.39 is 24.0 Å². The Bertz CT molecular complexity index is 898. The van der Waals surface area contributed by atoms with Crippen LogP contribution in [0.5, 0.6) is 0 Å². The van der Waals surface area contributed by atoms with Crippen LogP contribution in [-0.4, -0.2) is 29.9 Å². The van der Waals surface area contributed by atoms with Gasteiger partial charge in [0.2, 0.25) is 0 Å². The maximum Gasteiger partial charge on any atom is 0.329 e. The number of aryl methyl sites for hydroxylation is 2. The Hall–Kier alpha value is -2.86. The minimum atomic E-state index is -1.04. The van der Waals surface area contributed by atoms with Crippen molar-refractivity contribution in [2.24, 2.45) is 0 Å². The number of hydrogen-bond donors (Lipinski definition) is 2. The van der Waals surface area contributed by atoms with Gasteiger partial charge < -0.3 is 15.4 Å². The van der Waals surface area contributed by atoms with Gasteiger partial charge in [-0.2, -0.15) is 0 Å². The summed E-state index contributed by atoms with van der Waals surface area (Å²) in [6.07, 6.45) is -1.04. The summed E-state index contributed by atoms with van der Waals surface area (Å²) >= 11 is 5.94. The third kappa shape index (κ3) is 5.82. The van der Waals surface area contributed by atoms with Crippen LogP contribution in [0.15, 0.2) is 42.5 Å². The van der Waals surface area contributed by atoms with E-state index in [4.69, 9.17) is 16.3 Å². The van der Waals surface area contributed by atoms with Crippen LogP contribution in [0.3, 0.4) is 0 Å². The molecule has 0 aliphatic heterocycles. The summed E-state index contributed by atoms with van der Waals surface area (Å²) < 4.78 is 5.18. The highest BCUT2D eigenvalue weighted by molar-refractivity contribution is 6.31. The number of carbonyl (C=O) groups is 3. The van der Waals surface area contributed by atoms with E-state index in [1.165, 1.54) is 13.8 Å². The number of hydrogen-bond acceptors (Lipinski definition) is 4. The van der Waals surface area contributed by atoms with E-state index in [0.717, 1.165) is 11.1 Å². The van der Waals surface area contributed by atoms with Crippen molar-refractivity contribution in [1.82, 2.24) is 5.32 Å². The molecule has 2 atom stereocenters. The first-order valence-electron chi connectivity index (χ1n) is 8.82. The van der Waals surface area contributed by atoms with Gasteiger partial charge in [0.25, 0.3) is 11.8 Å². The maximum absolute atomic E-state index is 12.3. The van der Waals surface area contributed by atoms with Crippen molar-refractivity contribution in [3.8, 4) is 0 Å². The van der Waals surface area contributed by atoms with Gasteiger partial charge in [-0.25, -0.2) is 4.79 Å². The van der Waals surface area contributed by atoms with Gasteiger partial charge >= 0.3 is 5.97 Å². The predicted molar refractivity (Wildman–Crippen MR) is 108 cm³/mol. The molecular formula is C21H23ClN2O4. The highest BCUT2D eigenvalue weighted by atomic mass is 35.5. The first-order valence-corrected chi connectivity index (χ1v) is 9.20. The number of halogens is 1. The molecule has 0 heterocycles. The Labute approximate surface area is 169 Å². The highest BCUT2D eigenvalue weighted by Gasteiger charge is 2.24. The SMILES string of the molecule is Cc1cccc(C(=O)N[C@@H](C)C(=O)O[C@H](C)C(=O)Nc2cc(Cl)ccc2C)c1. The molecule has 148 valence electrons. The zero-order chi connectivity index (χ0) is 20.8. The lowest BCUT2D eigenvalue weighted by Gasteiger charge is -2.18. The number of anilines is 1. The summed E-state index contributed by atoms with van der Waals surface area (Å²) in [5.74, 6) is -1.58. The second-order valence-electron chi connectivity index (χ2n) is 6.59. The molecule has 0 aliphatic rings. The Morgan fingerprint density at radius 3 is 2.43 bits per heavy atom. The zero-order valence-corrected chi connectivity index (χ0v) is 17.0. The van der Waals surface area contributed by atoms with Crippen LogP contribution in [0.1, 0.15) is 35.3 Å². The number of amides is 2. The largest absolute Gasteiger partial charge is 0.451 e. The maximum atomic E-state index is 12.3. The summed E-state index contributed by atoms with van der Waals surface area (Å²) in [5.41, 5.74) is 2.75. The molecule has 7 heteroatoms. The molecule has 2 aromatic carbocycles. The molecule has 28 heavy (non-hydrogen) atoms. The molecule has 0 spiro atoms. The summed E-state index contributed by atoms with van der Waals surface area (Å²) in [6.45, 7) is 6.66. The molecule has 0 fully saturated rings. The lowest BCUT2D eigenvalue weighted by atomic mass is 10.1. The molecule has 0 saturated heterocycles. The van der Waals surface area contributed by atoms with E-state index in [1.807, 2.05) is 19.9 Å². The van der Waals surface area contributed by atoms with Crippen molar-refractivity contribution in [2.75, 3.05) is 5.32 Å². The minimum Gasteiger partial charge on any atom is -0.451 e. The van der Waals surface area contributed by atoms with Gasteiger partial charge in [0.15, 0.2) is 6.10 Å². The van der Waals surface area contributed by atoms with E-state index >= 15 is 0 Å². The van der Waals surface area contributed by atoms with E-state index in [0.29, 0.717) is 16.3 Å². The van der Waals surface area contributed by atoms with Gasteiger partial charge in [0.05, 0.1) is 0 Å². The van der Waals surface area contributed by atoms with Crippen molar-refractivity contribution >= 4 is 35.1 Å². The topological polar surface area (TPSA) is 84.5 Å². The van der Waals surface area contributed by atoms with Gasteiger partial charge in [-0.05, 0) is 57.5 Å². The van der Waals surface area contributed by atoms with Gasteiger partial charge in [0, 0.05) is 16.3 Å². The second-order valence-corrected chi connectivity index (χ2v) is 7.03. The Balaban J connectivity index is 1.92. The number of esters is 1. The second kappa shape index (κ2) is 9.37. The summed E-state index contributed by atoms with van der Waals surface area (Å²) in [7, 11) is 0. The minimum absolute atomic E-state index is 0.389. The molecule has 2 rings (SSSR count). The van der Waals surface area contributed by atoms with Crippen LogP contribution < -0.4 is 10.6 Å². The van der Waals surface area contributed by atoms with Gasteiger partial charge in [-0.15, -0.1) is 0 Å².